The number of ketones is 1. The molecule has 2 saturated heterocycles. The van der Waals surface area contributed by atoms with Crippen molar-refractivity contribution in [2.45, 2.75) is 37.6 Å². The third-order valence-electron chi connectivity index (χ3n) is 6.95. The number of aromatic amines is 1. The first-order valence-corrected chi connectivity index (χ1v) is 9.49. The van der Waals surface area contributed by atoms with Gasteiger partial charge in [-0.05, 0) is 43.7 Å². The van der Waals surface area contributed by atoms with Gasteiger partial charge in [-0.3, -0.25) is 14.5 Å². The summed E-state index contributed by atoms with van der Waals surface area (Å²) in [6.07, 6.45) is 2.56. The van der Waals surface area contributed by atoms with Gasteiger partial charge in [0.25, 0.3) is 0 Å². The Morgan fingerprint density at radius 2 is 2.12 bits per heavy atom. The number of hydrogen-bond acceptors (Lipinski definition) is 4. The summed E-state index contributed by atoms with van der Waals surface area (Å²) in [5, 5.41) is 1.19. The Kier molecular flexibility index (Phi) is 3.35. The number of para-hydroxylation sites is 1. The van der Waals surface area contributed by atoms with E-state index in [9.17, 15) is 9.59 Å². The normalized spacial score (nSPS) is 35.0. The zero-order chi connectivity index (χ0) is 18.1. The highest BCUT2D eigenvalue weighted by atomic mass is 16.5. The molecule has 5 atom stereocenters. The second kappa shape index (κ2) is 5.43. The Bertz CT molecular complexity index is 917. The summed E-state index contributed by atoms with van der Waals surface area (Å²) in [5.41, 5.74) is 2.52. The monoisotopic (exact) mass is 352 g/mol. The van der Waals surface area contributed by atoms with Gasteiger partial charge in [-0.1, -0.05) is 18.2 Å². The summed E-state index contributed by atoms with van der Waals surface area (Å²) in [6, 6.07) is 8.15. The molecule has 0 radical (unpaired) electrons. The van der Waals surface area contributed by atoms with E-state index in [1.807, 2.05) is 12.1 Å². The van der Waals surface area contributed by atoms with Crippen LogP contribution in [0.3, 0.4) is 0 Å². The fraction of sp³-hybridized carbons (Fsp3) is 0.524. The van der Waals surface area contributed by atoms with Crippen molar-refractivity contribution < 1.29 is 14.3 Å². The lowest BCUT2D eigenvalue weighted by Crippen LogP contribution is -2.68. The van der Waals surface area contributed by atoms with E-state index in [-0.39, 0.29) is 23.7 Å². The van der Waals surface area contributed by atoms with Crippen LogP contribution in [0.25, 0.3) is 10.9 Å². The van der Waals surface area contributed by atoms with E-state index in [0.29, 0.717) is 5.92 Å². The molecule has 1 aliphatic carbocycles. The molecule has 3 unspecified atom stereocenters. The van der Waals surface area contributed by atoms with Crippen LogP contribution in [0.2, 0.25) is 0 Å². The van der Waals surface area contributed by atoms with Crippen LogP contribution in [-0.2, 0) is 26.2 Å². The lowest BCUT2D eigenvalue weighted by atomic mass is 9.56. The highest BCUT2D eigenvalue weighted by Crippen LogP contribution is 2.54. The van der Waals surface area contributed by atoms with E-state index < -0.39 is 5.41 Å². The Hall–Kier alpha value is -2.14. The number of rotatable bonds is 2. The summed E-state index contributed by atoms with van der Waals surface area (Å²) >= 11 is 0. The molecule has 136 valence electrons. The van der Waals surface area contributed by atoms with Gasteiger partial charge in [0, 0.05) is 41.6 Å². The van der Waals surface area contributed by atoms with Gasteiger partial charge >= 0.3 is 5.97 Å². The number of benzene rings is 1. The predicted molar refractivity (Wildman–Crippen MR) is 98.0 cm³/mol. The van der Waals surface area contributed by atoms with Crippen molar-refractivity contribution >= 4 is 22.7 Å². The van der Waals surface area contributed by atoms with Gasteiger partial charge in [0.2, 0.25) is 0 Å². The number of fused-ring (bicyclic) bond motifs is 4. The van der Waals surface area contributed by atoms with Crippen molar-refractivity contribution in [2.75, 3.05) is 20.2 Å². The number of piperidine rings is 2. The second-order valence-electron chi connectivity index (χ2n) is 8.20. The molecule has 1 saturated carbocycles. The van der Waals surface area contributed by atoms with E-state index in [0.717, 1.165) is 43.6 Å². The maximum atomic E-state index is 13.3. The quantitative estimate of drug-likeness (QED) is 0.844. The van der Waals surface area contributed by atoms with Crippen LogP contribution in [0, 0.1) is 11.8 Å². The highest BCUT2D eigenvalue weighted by Gasteiger charge is 2.63. The van der Waals surface area contributed by atoms with Crippen molar-refractivity contribution in [3.05, 3.63) is 35.5 Å². The van der Waals surface area contributed by atoms with Crippen LogP contribution in [0.15, 0.2) is 24.3 Å². The number of carbonyl (C=O) groups is 2. The van der Waals surface area contributed by atoms with Gasteiger partial charge < -0.3 is 9.72 Å². The van der Waals surface area contributed by atoms with Crippen molar-refractivity contribution in [2.24, 2.45) is 11.8 Å². The zero-order valence-corrected chi connectivity index (χ0v) is 15.2. The van der Waals surface area contributed by atoms with Gasteiger partial charge in [-0.2, -0.15) is 0 Å². The Balaban J connectivity index is 1.81. The van der Waals surface area contributed by atoms with Crippen molar-refractivity contribution in [3.8, 4) is 0 Å². The molecular formula is C21H24N2O3. The Morgan fingerprint density at radius 3 is 2.88 bits per heavy atom. The third-order valence-corrected chi connectivity index (χ3v) is 6.95. The van der Waals surface area contributed by atoms with Crippen LogP contribution in [0.1, 0.15) is 31.0 Å². The maximum Gasteiger partial charge on any atom is 0.319 e. The first kappa shape index (κ1) is 16.1. The summed E-state index contributed by atoms with van der Waals surface area (Å²) in [7, 11) is 1.47. The summed E-state index contributed by atoms with van der Waals surface area (Å²) < 4.78 is 5.36. The summed E-state index contributed by atoms with van der Waals surface area (Å²) in [5.74, 6) is 0.249. The molecule has 3 fully saturated rings. The third kappa shape index (κ3) is 1.89. The fourth-order valence-electron chi connectivity index (χ4n) is 6.09. The number of carbonyl (C=O) groups excluding carboxylic acids is 2. The summed E-state index contributed by atoms with van der Waals surface area (Å²) in [6.45, 7) is 3.55. The van der Waals surface area contributed by atoms with E-state index in [2.05, 4.69) is 22.0 Å². The number of esters is 1. The molecule has 0 amide bonds. The molecule has 1 aromatic heterocycles. The first-order chi connectivity index (χ1) is 12.6. The number of nitrogens with zero attached hydrogens (tertiary/aromatic N) is 1. The van der Waals surface area contributed by atoms with Crippen LogP contribution in [0.5, 0.6) is 0 Å². The minimum Gasteiger partial charge on any atom is -0.468 e. The van der Waals surface area contributed by atoms with Crippen molar-refractivity contribution in [1.29, 1.82) is 0 Å². The molecule has 1 aromatic carbocycles. The van der Waals surface area contributed by atoms with Crippen molar-refractivity contribution in [3.63, 3.8) is 0 Å². The lowest BCUT2D eigenvalue weighted by Gasteiger charge is -2.57. The molecule has 4 aliphatic rings. The minimum atomic E-state index is -0.767. The second-order valence-corrected chi connectivity index (χ2v) is 8.20. The minimum absolute atomic E-state index is 0.0982. The van der Waals surface area contributed by atoms with Gasteiger partial charge in [-0.25, -0.2) is 0 Å². The number of hydrogen-bond donors (Lipinski definition) is 1. The van der Waals surface area contributed by atoms with Gasteiger partial charge in [-0.15, -0.1) is 0 Å². The van der Waals surface area contributed by atoms with Crippen molar-refractivity contribution in [1.82, 2.24) is 9.88 Å². The Morgan fingerprint density at radius 1 is 1.31 bits per heavy atom. The molecule has 26 heavy (non-hydrogen) atoms. The van der Waals surface area contributed by atoms with E-state index >= 15 is 0 Å². The van der Waals surface area contributed by atoms with Crippen LogP contribution in [0.4, 0.5) is 0 Å². The van der Waals surface area contributed by atoms with Gasteiger partial charge in [0.1, 0.15) is 11.2 Å². The Labute approximate surface area is 152 Å². The van der Waals surface area contributed by atoms with E-state index in [4.69, 9.17) is 4.74 Å². The molecule has 0 spiro atoms. The topological polar surface area (TPSA) is 62.4 Å². The molecule has 5 nitrogen and oxygen atoms in total. The number of nitrogens with one attached hydrogen (secondary N) is 1. The average molecular weight is 352 g/mol. The number of H-pyrrole nitrogens is 1. The number of Topliss-reactive ketones (excluding diaryl/α,β-unsaturated/α-hetero) is 1. The molecule has 2 aromatic rings. The van der Waals surface area contributed by atoms with Crippen LogP contribution in [-0.4, -0.2) is 47.9 Å². The van der Waals surface area contributed by atoms with Crippen LogP contribution >= 0.6 is 0 Å². The maximum absolute atomic E-state index is 13.3. The smallest absolute Gasteiger partial charge is 0.319 e. The standard InChI is InChI=1S/C21H24N2O3/c1-12(24)16-9-13-10-21(20(25)26-2)18-15(7-8-23(11-13)19(16)21)14-5-3-4-6-17(14)22-18/h3-6,13,16,19,22H,7-11H2,1-2H3/t13-,16-,19?,21?/m0/s1. The lowest BCUT2D eigenvalue weighted by molar-refractivity contribution is -0.163. The van der Waals surface area contributed by atoms with Crippen LogP contribution < -0.4 is 0 Å². The molecule has 1 N–H and O–H groups in total. The largest absolute Gasteiger partial charge is 0.468 e. The molecule has 5 heteroatoms. The SMILES string of the molecule is COC(=O)C12C[C@@H]3C[C@@H](C(C)=O)C1N(CCc1c2[nH]c2ccccc12)C3. The van der Waals surface area contributed by atoms with E-state index in [1.165, 1.54) is 18.1 Å². The molecular weight excluding hydrogens is 328 g/mol. The van der Waals surface area contributed by atoms with Gasteiger partial charge in [0.05, 0.1) is 7.11 Å². The molecule has 4 heterocycles. The average Bonchev–Trinajstić information content (AvgIpc) is 3.00. The first-order valence-electron chi connectivity index (χ1n) is 9.49. The van der Waals surface area contributed by atoms with E-state index in [1.54, 1.807) is 6.92 Å². The fourth-order valence-corrected chi connectivity index (χ4v) is 6.09. The zero-order valence-electron chi connectivity index (χ0n) is 15.2. The molecule has 6 rings (SSSR count). The number of methoxy groups -OCH3 is 1. The number of aromatic nitrogens is 1. The van der Waals surface area contributed by atoms with Gasteiger partial charge in [0.15, 0.2) is 0 Å². The molecule has 3 aliphatic heterocycles. The number of ether oxygens (including phenoxy) is 1. The highest BCUT2D eigenvalue weighted by molar-refractivity contribution is 5.93. The summed E-state index contributed by atoms with van der Waals surface area (Å²) in [4.78, 5) is 31.7. The predicted octanol–water partition coefficient (Wildman–Crippen LogP) is 2.43. The molecule has 4 bridgehead atoms.